The van der Waals surface area contributed by atoms with Gasteiger partial charge in [-0.2, -0.15) is 0 Å². The average Bonchev–Trinajstić information content (AvgIpc) is 2.99. The van der Waals surface area contributed by atoms with Crippen molar-refractivity contribution in [2.45, 2.75) is 13.8 Å². The fourth-order valence-corrected chi connectivity index (χ4v) is 2.24. The first-order valence-corrected chi connectivity index (χ1v) is 7.63. The van der Waals surface area contributed by atoms with Gasteiger partial charge < -0.3 is 14.6 Å². The van der Waals surface area contributed by atoms with Gasteiger partial charge in [0.1, 0.15) is 11.5 Å². The lowest BCUT2D eigenvalue weighted by Gasteiger charge is -2.07. The van der Waals surface area contributed by atoms with Gasteiger partial charge in [-0.25, -0.2) is 0 Å². The molecule has 0 saturated carbocycles. The van der Waals surface area contributed by atoms with Crippen LogP contribution >= 0.6 is 0 Å². The van der Waals surface area contributed by atoms with Crippen LogP contribution in [0, 0.1) is 13.8 Å². The van der Waals surface area contributed by atoms with Crippen LogP contribution in [0.3, 0.4) is 0 Å². The maximum Gasteiger partial charge on any atom is 0.263 e. The molecule has 0 fully saturated rings. The Bertz CT molecular complexity index is 821. The van der Waals surface area contributed by atoms with Crippen LogP contribution in [0.2, 0.25) is 0 Å². The fraction of sp³-hybridized carbons (Fsp3) is 0.158. The van der Waals surface area contributed by atoms with Crippen LogP contribution in [0.25, 0.3) is 11.1 Å². The van der Waals surface area contributed by atoms with E-state index in [2.05, 4.69) is 41.7 Å². The Balaban J connectivity index is 1.56. The summed E-state index contributed by atoms with van der Waals surface area (Å²) in [6.45, 7) is 3.73. The lowest BCUT2D eigenvalue weighted by molar-refractivity contribution is -0.118. The second-order valence-electron chi connectivity index (χ2n) is 5.55. The van der Waals surface area contributed by atoms with Crippen molar-refractivity contribution in [3.63, 3.8) is 0 Å². The van der Waals surface area contributed by atoms with Gasteiger partial charge in [-0.05, 0) is 37.1 Å². The number of carbonyl (C=O) groups is 1. The molecule has 0 atom stereocenters. The van der Waals surface area contributed by atoms with E-state index in [-0.39, 0.29) is 12.5 Å². The van der Waals surface area contributed by atoms with Gasteiger partial charge in [-0.3, -0.25) is 4.79 Å². The maximum absolute atomic E-state index is 11.8. The van der Waals surface area contributed by atoms with E-state index in [9.17, 15) is 4.79 Å². The Kier molecular flexibility index (Phi) is 4.61. The summed E-state index contributed by atoms with van der Waals surface area (Å²) >= 11 is 0. The molecule has 3 rings (SSSR count). The molecular weight excluding hydrogens is 304 g/mol. The van der Waals surface area contributed by atoms with Crippen molar-refractivity contribution < 1.29 is 14.1 Å². The van der Waals surface area contributed by atoms with Gasteiger partial charge in [0, 0.05) is 6.07 Å². The first-order valence-electron chi connectivity index (χ1n) is 7.63. The molecule has 1 amide bonds. The summed E-state index contributed by atoms with van der Waals surface area (Å²) in [5.41, 5.74) is 3.48. The molecule has 5 nitrogen and oxygen atoms in total. The molecule has 0 aliphatic carbocycles. The van der Waals surface area contributed by atoms with E-state index in [1.807, 2.05) is 24.3 Å². The molecule has 0 unspecified atom stereocenters. The van der Waals surface area contributed by atoms with Crippen molar-refractivity contribution in [1.82, 2.24) is 5.16 Å². The Hall–Kier alpha value is -3.08. The number of aryl methyl sites for hydroxylation is 2. The number of nitrogens with zero attached hydrogens (tertiary/aromatic N) is 1. The van der Waals surface area contributed by atoms with E-state index in [0.29, 0.717) is 17.3 Å². The Morgan fingerprint density at radius 2 is 1.67 bits per heavy atom. The molecule has 122 valence electrons. The van der Waals surface area contributed by atoms with Gasteiger partial charge in [-0.1, -0.05) is 47.1 Å². The summed E-state index contributed by atoms with van der Waals surface area (Å²) in [4.78, 5) is 11.8. The number of rotatable bonds is 5. The number of aromatic nitrogens is 1. The van der Waals surface area contributed by atoms with Crippen LogP contribution in [0.5, 0.6) is 5.75 Å². The van der Waals surface area contributed by atoms with Crippen molar-refractivity contribution in [2.75, 3.05) is 11.9 Å². The summed E-state index contributed by atoms with van der Waals surface area (Å²) in [5.74, 6) is 1.37. The van der Waals surface area contributed by atoms with Gasteiger partial charge in [0.2, 0.25) is 0 Å². The third kappa shape index (κ3) is 4.01. The minimum Gasteiger partial charge on any atom is -0.484 e. The highest BCUT2D eigenvalue weighted by Gasteiger charge is 2.07. The summed E-state index contributed by atoms with van der Waals surface area (Å²) in [7, 11) is 0. The summed E-state index contributed by atoms with van der Waals surface area (Å²) in [5, 5.41) is 6.31. The zero-order valence-electron chi connectivity index (χ0n) is 13.6. The molecular formula is C19H18N2O3. The second kappa shape index (κ2) is 7.00. The third-order valence-electron chi connectivity index (χ3n) is 3.50. The number of hydrogen-bond acceptors (Lipinski definition) is 4. The topological polar surface area (TPSA) is 64.4 Å². The molecule has 0 bridgehead atoms. The van der Waals surface area contributed by atoms with Crippen LogP contribution in [-0.4, -0.2) is 17.7 Å². The lowest BCUT2D eigenvalue weighted by Crippen LogP contribution is -2.20. The average molecular weight is 322 g/mol. The SMILES string of the molecule is Cc1ccc(-c2ccc(OCC(=O)Nc3cc(C)on3)cc2)cc1. The van der Waals surface area contributed by atoms with E-state index in [1.54, 1.807) is 13.0 Å². The second-order valence-corrected chi connectivity index (χ2v) is 5.55. The van der Waals surface area contributed by atoms with Crippen molar-refractivity contribution in [2.24, 2.45) is 0 Å². The van der Waals surface area contributed by atoms with Crippen molar-refractivity contribution in [3.05, 3.63) is 65.9 Å². The lowest BCUT2D eigenvalue weighted by atomic mass is 10.0. The fourth-order valence-electron chi connectivity index (χ4n) is 2.24. The molecule has 1 aromatic heterocycles. The van der Waals surface area contributed by atoms with Crippen LogP contribution in [-0.2, 0) is 4.79 Å². The standard InChI is InChI=1S/C19H18N2O3/c1-13-3-5-15(6-4-13)16-7-9-17(10-8-16)23-12-19(22)20-18-11-14(2)24-21-18/h3-11H,12H2,1-2H3,(H,20,21,22). The maximum atomic E-state index is 11.8. The zero-order chi connectivity index (χ0) is 16.9. The number of anilines is 1. The molecule has 1 N–H and O–H groups in total. The number of benzene rings is 2. The normalized spacial score (nSPS) is 10.4. The highest BCUT2D eigenvalue weighted by atomic mass is 16.5. The number of ether oxygens (including phenoxy) is 1. The Labute approximate surface area is 140 Å². The van der Waals surface area contributed by atoms with Crippen molar-refractivity contribution in [1.29, 1.82) is 0 Å². The van der Waals surface area contributed by atoms with E-state index in [0.717, 1.165) is 11.1 Å². The van der Waals surface area contributed by atoms with Crippen molar-refractivity contribution in [3.8, 4) is 16.9 Å². The van der Waals surface area contributed by atoms with Gasteiger partial charge in [-0.15, -0.1) is 0 Å². The van der Waals surface area contributed by atoms with Crippen LogP contribution in [0.4, 0.5) is 5.82 Å². The smallest absolute Gasteiger partial charge is 0.263 e. The molecule has 5 heteroatoms. The first-order chi connectivity index (χ1) is 11.6. The molecule has 24 heavy (non-hydrogen) atoms. The predicted molar refractivity (Wildman–Crippen MR) is 92.0 cm³/mol. The Morgan fingerprint density at radius 3 is 2.25 bits per heavy atom. The minimum absolute atomic E-state index is 0.0875. The highest BCUT2D eigenvalue weighted by Crippen LogP contribution is 2.22. The first kappa shape index (κ1) is 15.8. The van der Waals surface area contributed by atoms with E-state index < -0.39 is 0 Å². The quantitative estimate of drug-likeness (QED) is 0.772. The van der Waals surface area contributed by atoms with Gasteiger partial charge in [0.25, 0.3) is 5.91 Å². The van der Waals surface area contributed by atoms with Crippen molar-refractivity contribution >= 4 is 11.7 Å². The molecule has 0 saturated heterocycles. The van der Waals surface area contributed by atoms with Gasteiger partial charge >= 0.3 is 0 Å². The molecule has 3 aromatic rings. The third-order valence-corrected chi connectivity index (χ3v) is 3.50. The van der Waals surface area contributed by atoms with Crippen LogP contribution < -0.4 is 10.1 Å². The van der Waals surface area contributed by atoms with Gasteiger partial charge in [0.05, 0.1) is 0 Å². The predicted octanol–water partition coefficient (Wildman–Crippen LogP) is 3.98. The largest absolute Gasteiger partial charge is 0.484 e. The number of amides is 1. The van der Waals surface area contributed by atoms with Gasteiger partial charge in [0.15, 0.2) is 12.4 Å². The zero-order valence-corrected chi connectivity index (χ0v) is 13.6. The molecule has 2 aromatic carbocycles. The number of nitrogens with one attached hydrogen (secondary N) is 1. The minimum atomic E-state index is -0.286. The molecule has 0 radical (unpaired) electrons. The Morgan fingerprint density at radius 1 is 1.04 bits per heavy atom. The number of carbonyl (C=O) groups excluding carboxylic acids is 1. The van der Waals surface area contributed by atoms with E-state index >= 15 is 0 Å². The number of hydrogen-bond donors (Lipinski definition) is 1. The highest BCUT2D eigenvalue weighted by molar-refractivity contribution is 5.90. The molecule has 0 spiro atoms. The summed E-state index contributed by atoms with van der Waals surface area (Å²) in [6.07, 6.45) is 0. The van der Waals surface area contributed by atoms with E-state index in [1.165, 1.54) is 5.56 Å². The summed E-state index contributed by atoms with van der Waals surface area (Å²) in [6, 6.07) is 17.6. The van der Waals surface area contributed by atoms with Crippen LogP contribution in [0.15, 0.2) is 59.1 Å². The molecule has 1 heterocycles. The monoisotopic (exact) mass is 322 g/mol. The van der Waals surface area contributed by atoms with Crippen LogP contribution in [0.1, 0.15) is 11.3 Å². The summed E-state index contributed by atoms with van der Waals surface area (Å²) < 4.78 is 10.4. The molecule has 0 aliphatic heterocycles. The molecule has 0 aliphatic rings. The van der Waals surface area contributed by atoms with E-state index in [4.69, 9.17) is 9.26 Å².